The van der Waals surface area contributed by atoms with Gasteiger partial charge in [-0.2, -0.15) is 0 Å². The maximum atomic E-state index is 13.8. The second-order valence-corrected chi connectivity index (χ2v) is 5.76. The van der Waals surface area contributed by atoms with Gasteiger partial charge in [-0.05, 0) is 46.2 Å². The van der Waals surface area contributed by atoms with Crippen LogP contribution in [0.3, 0.4) is 0 Å². The maximum absolute atomic E-state index is 13.8. The summed E-state index contributed by atoms with van der Waals surface area (Å²) in [6.45, 7) is 2.53. The van der Waals surface area contributed by atoms with Crippen LogP contribution in [0.15, 0.2) is 38.9 Å². The van der Waals surface area contributed by atoms with E-state index in [0.29, 0.717) is 11.6 Å². The van der Waals surface area contributed by atoms with E-state index >= 15 is 0 Å². The first-order valence-electron chi connectivity index (χ1n) is 6.00. The van der Waals surface area contributed by atoms with E-state index in [2.05, 4.69) is 31.2 Å². The van der Waals surface area contributed by atoms with Crippen LogP contribution in [0.4, 0.5) is 14.6 Å². The molecule has 1 N–H and O–H groups in total. The van der Waals surface area contributed by atoms with Crippen molar-refractivity contribution < 1.29 is 8.78 Å². The Hall–Kier alpha value is -1.21. The average molecular weight is 360 g/mol. The van der Waals surface area contributed by atoms with Gasteiger partial charge in [0, 0.05) is 18.8 Å². The van der Waals surface area contributed by atoms with Gasteiger partial charge in [-0.15, -0.1) is 0 Å². The summed E-state index contributed by atoms with van der Waals surface area (Å²) in [6, 6.07) is 4.40. The van der Waals surface area contributed by atoms with Gasteiger partial charge in [-0.1, -0.05) is 6.92 Å². The minimum atomic E-state index is -0.702. The van der Waals surface area contributed by atoms with Gasteiger partial charge in [0.1, 0.15) is 10.1 Å². The van der Waals surface area contributed by atoms with E-state index in [9.17, 15) is 8.78 Å². The lowest BCUT2D eigenvalue weighted by molar-refractivity contribution is 0.550. The van der Waals surface area contributed by atoms with E-state index in [1.54, 1.807) is 18.3 Å². The highest BCUT2D eigenvalue weighted by atomic mass is 79.9. The fourth-order valence-corrected chi connectivity index (χ4v) is 2.68. The molecule has 0 unspecified atom stereocenters. The predicted molar refractivity (Wildman–Crippen MR) is 79.0 cm³/mol. The molecule has 0 saturated carbocycles. The largest absolute Gasteiger partial charge is 0.368 e. The second kappa shape index (κ2) is 6.99. The fraction of sp³-hybridized carbons (Fsp3) is 0.231. The highest BCUT2D eigenvalue weighted by Crippen LogP contribution is 2.33. The Kier molecular flexibility index (Phi) is 5.31. The maximum Gasteiger partial charge on any atom is 0.168 e. The summed E-state index contributed by atoms with van der Waals surface area (Å²) >= 11 is 4.38. The van der Waals surface area contributed by atoms with E-state index < -0.39 is 11.6 Å². The Morgan fingerprint density at radius 3 is 2.80 bits per heavy atom. The van der Waals surface area contributed by atoms with Gasteiger partial charge < -0.3 is 5.32 Å². The molecule has 0 aliphatic rings. The fourth-order valence-electron chi connectivity index (χ4n) is 1.43. The summed E-state index contributed by atoms with van der Waals surface area (Å²) in [7, 11) is 0. The van der Waals surface area contributed by atoms with E-state index in [4.69, 9.17) is 0 Å². The van der Waals surface area contributed by atoms with E-state index in [-0.39, 0.29) is 10.8 Å². The molecule has 20 heavy (non-hydrogen) atoms. The Morgan fingerprint density at radius 1 is 1.30 bits per heavy atom. The SMILES string of the molecule is CCCNc1nc(Sc2ncccc2Br)c(F)cc1F. The zero-order chi connectivity index (χ0) is 14.5. The van der Waals surface area contributed by atoms with Crippen LogP contribution in [0.25, 0.3) is 0 Å². The predicted octanol–water partition coefficient (Wildman–Crippen LogP) is 4.49. The van der Waals surface area contributed by atoms with Crippen molar-refractivity contribution in [3.05, 3.63) is 40.5 Å². The van der Waals surface area contributed by atoms with Crippen molar-refractivity contribution >= 4 is 33.5 Å². The van der Waals surface area contributed by atoms with Crippen LogP contribution in [0.5, 0.6) is 0 Å². The molecule has 3 nitrogen and oxygen atoms in total. The summed E-state index contributed by atoms with van der Waals surface area (Å²) < 4.78 is 28.1. The number of aromatic nitrogens is 2. The molecule has 0 radical (unpaired) electrons. The number of halogens is 3. The van der Waals surface area contributed by atoms with Gasteiger partial charge in [0.25, 0.3) is 0 Å². The number of hydrogen-bond acceptors (Lipinski definition) is 4. The minimum absolute atomic E-state index is 0.0582. The highest BCUT2D eigenvalue weighted by molar-refractivity contribution is 9.10. The van der Waals surface area contributed by atoms with Crippen molar-refractivity contribution in [3.63, 3.8) is 0 Å². The summed E-state index contributed by atoms with van der Waals surface area (Å²) in [4.78, 5) is 8.11. The molecule has 0 amide bonds. The Morgan fingerprint density at radius 2 is 2.10 bits per heavy atom. The first-order valence-corrected chi connectivity index (χ1v) is 7.61. The molecule has 2 heterocycles. The van der Waals surface area contributed by atoms with E-state index in [1.165, 1.54) is 0 Å². The van der Waals surface area contributed by atoms with Gasteiger partial charge in [-0.25, -0.2) is 18.7 Å². The van der Waals surface area contributed by atoms with Crippen LogP contribution in [-0.4, -0.2) is 16.5 Å². The van der Waals surface area contributed by atoms with Crippen molar-refractivity contribution in [1.29, 1.82) is 0 Å². The molecule has 0 aliphatic heterocycles. The number of pyridine rings is 2. The lowest BCUT2D eigenvalue weighted by Gasteiger charge is -2.09. The molecule has 0 atom stereocenters. The third kappa shape index (κ3) is 3.67. The standard InChI is InChI=1S/C13H12BrF2N3S/c1-2-5-17-11-9(15)7-10(16)13(19-11)20-12-8(14)4-3-6-18-12/h3-4,6-7H,2,5H2,1H3,(H,17,19). The molecule has 0 fully saturated rings. The third-order valence-electron chi connectivity index (χ3n) is 2.36. The molecule has 106 valence electrons. The van der Waals surface area contributed by atoms with Gasteiger partial charge >= 0.3 is 0 Å². The monoisotopic (exact) mass is 359 g/mol. The van der Waals surface area contributed by atoms with Crippen LogP contribution in [0, 0.1) is 11.6 Å². The summed E-state index contributed by atoms with van der Waals surface area (Å²) in [5.74, 6) is -1.34. The number of nitrogens with zero attached hydrogens (tertiary/aromatic N) is 2. The summed E-state index contributed by atoms with van der Waals surface area (Å²) in [5.41, 5.74) is 0. The van der Waals surface area contributed by atoms with Crippen molar-refractivity contribution in [2.45, 2.75) is 23.4 Å². The quantitative estimate of drug-likeness (QED) is 0.853. The van der Waals surface area contributed by atoms with Crippen molar-refractivity contribution in [1.82, 2.24) is 9.97 Å². The Balaban J connectivity index is 2.29. The van der Waals surface area contributed by atoms with Crippen LogP contribution in [-0.2, 0) is 0 Å². The molecular weight excluding hydrogens is 348 g/mol. The lowest BCUT2D eigenvalue weighted by Crippen LogP contribution is -2.06. The first kappa shape index (κ1) is 15.2. The van der Waals surface area contributed by atoms with Gasteiger partial charge in [0.15, 0.2) is 17.5 Å². The smallest absolute Gasteiger partial charge is 0.168 e. The Labute approximate surface area is 128 Å². The zero-order valence-corrected chi connectivity index (χ0v) is 13.1. The van der Waals surface area contributed by atoms with Crippen LogP contribution in [0.1, 0.15) is 13.3 Å². The first-order chi connectivity index (χ1) is 9.61. The summed E-state index contributed by atoms with van der Waals surface area (Å²) in [5, 5.41) is 3.50. The van der Waals surface area contributed by atoms with Crippen molar-refractivity contribution in [2.75, 3.05) is 11.9 Å². The van der Waals surface area contributed by atoms with Gasteiger partial charge in [0.05, 0.1) is 4.47 Å². The molecule has 7 heteroatoms. The van der Waals surface area contributed by atoms with E-state index in [0.717, 1.165) is 28.7 Å². The summed E-state index contributed by atoms with van der Waals surface area (Å²) in [6.07, 6.45) is 2.43. The molecule has 0 bridgehead atoms. The molecule has 0 aliphatic carbocycles. The molecule has 2 aromatic heterocycles. The van der Waals surface area contributed by atoms with Crippen molar-refractivity contribution in [2.24, 2.45) is 0 Å². The molecule has 0 aromatic carbocycles. The van der Waals surface area contributed by atoms with Crippen molar-refractivity contribution in [3.8, 4) is 0 Å². The Bertz CT molecular complexity index is 610. The normalized spacial score (nSPS) is 10.6. The molecule has 2 rings (SSSR count). The number of anilines is 1. The highest BCUT2D eigenvalue weighted by Gasteiger charge is 2.14. The minimum Gasteiger partial charge on any atom is -0.368 e. The van der Waals surface area contributed by atoms with E-state index in [1.807, 2.05) is 6.92 Å². The molecule has 2 aromatic rings. The number of rotatable bonds is 5. The topological polar surface area (TPSA) is 37.8 Å². The lowest BCUT2D eigenvalue weighted by atomic mass is 10.4. The average Bonchev–Trinajstić information content (AvgIpc) is 2.43. The number of nitrogens with one attached hydrogen (secondary N) is 1. The van der Waals surface area contributed by atoms with Gasteiger partial charge in [-0.3, -0.25) is 0 Å². The molecule has 0 saturated heterocycles. The van der Waals surface area contributed by atoms with Crippen LogP contribution in [0.2, 0.25) is 0 Å². The zero-order valence-electron chi connectivity index (χ0n) is 10.7. The molecule has 0 spiro atoms. The van der Waals surface area contributed by atoms with Gasteiger partial charge in [0.2, 0.25) is 0 Å². The van der Waals surface area contributed by atoms with Crippen LogP contribution < -0.4 is 5.32 Å². The third-order valence-corrected chi connectivity index (χ3v) is 4.26. The van der Waals surface area contributed by atoms with Crippen LogP contribution >= 0.6 is 27.7 Å². The molecular formula is C13H12BrF2N3S. The second-order valence-electron chi connectivity index (χ2n) is 3.92. The number of hydrogen-bond donors (Lipinski definition) is 1.